The lowest BCUT2D eigenvalue weighted by molar-refractivity contribution is 0.0391. The third kappa shape index (κ3) is 1.61. The molecule has 0 aromatic heterocycles. The average molecular weight is 291 g/mol. The molecule has 1 atom stereocenters. The van der Waals surface area contributed by atoms with Crippen LogP contribution in [0, 0.1) is 5.92 Å². The molecule has 1 unspecified atom stereocenters. The second kappa shape index (κ2) is 4.37. The van der Waals surface area contributed by atoms with Crippen molar-refractivity contribution in [2.75, 3.05) is 31.1 Å². The molecule has 2 bridgehead atoms. The third-order valence-corrected chi connectivity index (χ3v) is 5.45. The Balaban J connectivity index is 1.80. The van der Waals surface area contributed by atoms with E-state index in [4.69, 9.17) is 17.3 Å². The van der Waals surface area contributed by atoms with E-state index in [0.717, 1.165) is 23.8 Å². The molecule has 1 spiro atoms. The predicted octanol–water partition coefficient (Wildman–Crippen LogP) is 1.94. The van der Waals surface area contributed by atoms with Crippen LogP contribution in [0.2, 0.25) is 5.02 Å². The molecule has 4 aliphatic rings. The molecule has 106 valence electrons. The van der Waals surface area contributed by atoms with Gasteiger partial charge in [0.15, 0.2) is 5.96 Å². The Kier molecular flexibility index (Phi) is 2.72. The van der Waals surface area contributed by atoms with Crippen LogP contribution in [-0.2, 0) is 0 Å². The highest BCUT2D eigenvalue weighted by atomic mass is 35.5. The van der Waals surface area contributed by atoms with Crippen molar-refractivity contribution in [2.45, 2.75) is 18.4 Å². The Hall–Kier alpha value is -1.26. The number of piperidine rings is 3. The number of nitrogens with zero attached hydrogens (tertiary/aromatic N) is 3. The highest BCUT2D eigenvalue weighted by molar-refractivity contribution is 6.34. The van der Waals surface area contributed by atoms with Crippen molar-refractivity contribution in [1.82, 2.24) is 4.90 Å². The zero-order valence-corrected chi connectivity index (χ0v) is 12.2. The minimum Gasteiger partial charge on any atom is -0.369 e. The number of hydrogen-bond donors (Lipinski definition) is 1. The highest BCUT2D eigenvalue weighted by Gasteiger charge is 2.54. The molecule has 0 saturated carbocycles. The number of guanidine groups is 1. The summed E-state index contributed by atoms with van der Waals surface area (Å²) in [4.78, 5) is 9.32. The molecule has 4 heterocycles. The van der Waals surface area contributed by atoms with Gasteiger partial charge in [-0.25, -0.2) is 0 Å². The molecular weight excluding hydrogens is 272 g/mol. The first-order chi connectivity index (χ1) is 9.71. The van der Waals surface area contributed by atoms with Gasteiger partial charge in [-0.15, -0.1) is 0 Å². The topological polar surface area (TPSA) is 44.9 Å². The molecule has 2 N–H and O–H groups in total. The van der Waals surface area contributed by atoms with Crippen molar-refractivity contribution >= 4 is 23.2 Å². The lowest BCUT2D eigenvalue weighted by Crippen LogP contribution is -2.68. The van der Waals surface area contributed by atoms with Crippen LogP contribution in [0.1, 0.15) is 12.8 Å². The van der Waals surface area contributed by atoms with Crippen LogP contribution < -0.4 is 10.6 Å². The van der Waals surface area contributed by atoms with Gasteiger partial charge in [-0.05, 0) is 44.0 Å². The standard InChI is InChI=1S/C15H19ClN4/c16-12-3-1-2-4-13(12)20-14(17)18-9-15(20)10-19-7-5-11(15)6-8-19/h1-4,11H,5-10H2,(H2,17,18). The van der Waals surface area contributed by atoms with Gasteiger partial charge in [0.05, 0.1) is 22.8 Å². The molecule has 5 heteroatoms. The Bertz CT molecular complexity index is 565. The maximum Gasteiger partial charge on any atom is 0.196 e. The number of hydrogen-bond acceptors (Lipinski definition) is 4. The molecule has 0 radical (unpaired) electrons. The van der Waals surface area contributed by atoms with E-state index in [1.807, 2.05) is 18.2 Å². The van der Waals surface area contributed by atoms with Crippen LogP contribution >= 0.6 is 11.6 Å². The number of fused-ring (bicyclic) bond motifs is 2. The van der Waals surface area contributed by atoms with E-state index in [2.05, 4.69) is 20.9 Å². The zero-order valence-electron chi connectivity index (χ0n) is 11.4. The Morgan fingerprint density at radius 3 is 2.65 bits per heavy atom. The van der Waals surface area contributed by atoms with E-state index in [-0.39, 0.29) is 5.54 Å². The van der Waals surface area contributed by atoms with Gasteiger partial charge in [0.1, 0.15) is 0 Å². The molecule has 4 nitrogen and oxygen atoms in total. The SMILES string of the molecule is NC1=NCC2(CN3CCC2CC3)N1c1ccccc1Cl. The fraction of sp³-hybridized carbons (Fsp3) is 0.533. The van der Waals surface area contributed by atoms with E-state index in [0.29, 0.717) is 11.9 Å². The molecule has 0 aliphatic carbocycles. The maximum absolute atomic E-state index is 6.41. The number of para-hydroxylation sites is 1. The average Bonchev–Trinajstić information content (AvgIpc) is 2.78. The number of rotatable bonds is 1. The van der Waals surface area contributed by atoms with Gasteiger partial charge in [0, 0.05) is 6.54 Å². The van der Waals surface area contributed by atoms with Crippen molar-refractivity contribution < 1.29 is 0 Å². The van der Waals surface area contributed by atoms with Crippen molar-refractivity contribution in [2.24, 2.45) is 16.6 Å². The molecule has 3 saturated heterocycles. The summed E-state index contributed by atoms with van der Waals surface area (Å²) in [6.07, 6.45) is 2.48. The van der Waals surface area contributed by atoms with E-state index >= 15 is 0 Å². The van der Waals surface area contributed by atoms with Crippen molar-refractivity contribution in [3.8, 4) is 0 Å². The van der Waals surface area contributed by atoms with Gasteiger partial charge in [-0.1, -0.05) is 23.7 Å². The summed E-state index contributed by atoms with van der Waals surface area (Å²) in [7, 11) is 0. The quantitative estimate of drug-likeness (QED) is 0.860. The maximum atomic E-state index is 6.41. The number of aliphatic imine (C=N–C) groups is 1. The lowest BCUT2D eigenvalue weighted by atomic mass is 9.72. The summed E-state index contributed by atoms with van der Waals surface area (Å²) in [5.41, 5.74) is 7.24. The fourth-order valence-corrected chi connectivity index (χ4v) is 4.38. The highest BCUT2D eigenvalue weighted by Crippen LogP contribution is 2.45. The molecule has 0 amide bonds. The summed E-state index contributed by atoms with van der Waals surface area (Å²) >= 11 is 6.41. The largest absolute Gasteiger partial charge is 0.369 e. The Morgan fingerprint density at radius 1 is 1.25 bits per heavy atom. The zero-order chi connectivity index (χ0) is 13.7. The van der Waals surface area contributed by atoms with Crippen LogP contribution in [0.25, 0.3) is 0 Å². The first-order valence-corrected chi connectivity index (χ1v) is 7.65. The van der Waals surface area contributed by atoms with E-state index in [1.54, 1.807) is 0 Å². The van der Waals surface area contributed by atoms with Gasteiger partial charge in [-0.2, -0.15) is 0 Å². The lowest BCUT2D eigenvalue weighted by Gasteiger charge is -2.55. The first kappa shape index (κ1) is 12.5. The van der Waals surface area contributed by atoms with E-state index in [1.165, 1.54) is 25.9 Å². The number of anilines is 1. The Morgan fingerprint density at radius 2 is 2.00 bits per heavy atom. The minimum atomic E-state index is 0.0194. The van der Waals surface area contributed by atoms with Crippen molar-refractivity contribution in [1.29, 1.82) is 0 Å². The predicted molar refractivity (Wildman–Crippen MR) is 82.3 cm³/mol. The van der Waals surface area contributed by atoms with Gasteiger partial charge in [0.2, 0.25) is 0 Å². The minimum absolute atomic E-state index is 0.0194. The molecule has 1 aromatic rings. The Labute approximate surface area is 124 Å². The summed E-state index contributed by atoms with van der Waals surface area (Å²) in [6, 6.07) is 7.95. The summed E-state index contributed by atoms with van der Waals surface area (Å²) < 4.78 is 0. The van der Waals surface area contributed by atoms with Gasteiger partial charge < -0.3 is 15.5 Å². The van der Waals surface area contributed by atoms with Crippen LogP contribution in [-0.4, -0.2) is 42.6 Å². The smallest absolute Gasteiger partial charge is 0.196 e. The summed E-state index contributed by atoms with van der Waals surface area (Å²) in [5.74, 6) is 1.28. The van der Waals surface area contributed by atoms with E-state index < -0.39 is 0 Å². The van der Waals surface area contributed by atoms with Gasteiger partial charge in [0.25, 0.3) is 0 Å². The van der Waals surface area contributed by atoms with Crippen LogP contribution in [0.15, 0.2) is 29.3 Å². The summed E-state index contributed by atoms with van der Waals surface area (Å²) in [6.45, 7) is 4.27. The number of nitrogens with two attached hydrogens (primary N) is 1. The molecule has 5 rings (SSSR count). The van der Waals surface area contributed by atoms with Gasteiger partial charge in [-0.3, -0.25) is 4.99 Å². The molecule has 20 heavy (non-hydrogen) atoms. The second-order valence-electron chi connectivity index (χ2n) is 6.12. The van der Waals surface area contributed by atoms with Crippen LogP contribution in [0.5, 0.6) is 0 Å². The number of benzene rings is 1. The van der Waals surface area contributed by atoms with Gasteiger partial charge >= 0.3 is 0 Å². The van der Waals surface area contributed by atoms with Crippen LogP contribution in [0.3, 0.4) is 0 Å². The van der Waals surface area contributed by atoms with Crippen molar-refractivity contribution in [3.63, 3.8) is 0 Å². The monoisotopic (exact) mass is 290 g/mol. The molecular formula is C15H19ClN4. The third-order valence-electron chi connectivity index (χ3n) is 5.13. The molecule has 4 aliphatic heterocycles. The van der Waals surface area contributed by atoms with Crippen LogP contribution in [0.4, 0.5) is 5.69 Å². The second-order valence-corrected chi connectivity index (χ2v) is 6.52. The normalized spacial score (nSPS) is 35.6. The molecule has 3 fully saturated rings. The first-order valence-electron chi connectivity index (χ1n) is 7.28. The molecule has 1 aromatic carbocycles. The summed E-state index contributed by atoms with van der Waals surface area (Å²) in [5, 5.41) is 0.753. The van der Waals surface area contributed by atoms with E-state index in [9.17, 15) is 0 Å². The van der Waals surface area contributed by atoms with Crippen molar-refractivity contribution in [3.05, 3.63) is 29.3 Å². The number of halogens is 1. The fourth-order valence-electron chi connectivity index (χ4n) is 4.16.